The fourth-order valence-corrected chi connectivity index (χ4v) is 6.98. The van der Waals surface area contributed by atoms with E-state index in [1.165, 1.54) is 44.4 Å². The second-order valence-electron chi connectivity index (χ2n) is 11.6. The van der Waals surface area contributed by atoms with Gasteiger partial charge in [0.05, 0.1) is 40.1 Å². The van der Waals surface area contributed by atoms with Crippen molar-refractivity contribution in [2.75, 3.05) is 31.3 Å². The number of halogens is 2. The van der Waals surface area contributed by atoms with E-state index in [1.807, 2.05) is 16.7 Å². The number of hydrogen-bond acceptors (Lipinski definition) is 6. The Kier molecular flexibility index (Phi) is 7.36. The number of rotatable bonds is 7. The molecule has 1 aliphatic rings. The molecule has 1 aliphatic heterocycles. The summed E-state index contributed by atoms with van der Waals surface area (Å²) >= 11 is 0. The number of carbonyl (C=O) groups is 1. The van der Waals surface area contributed by atoms with Gasteiger partial charge in [-0.25, -0.2) is 22.2 Å². The topological polar surface area (TPSA) is 118 Å². The van der Waals surface area contributed by atoms with Crippen molar-refractivity contribution in [1.82, 2.24) is 14.9 Å². The summed E-state index contributed by atoms with van der Waals surface area (Å²) in [5.74, 6) is -1.07. The Bertz CT molecular complexity index is 2330. The zero-order valence-corrected chi connectivity index (χ0v) is 26.5. The van der Waals surface area contributed by atoms with Crippen molar-refractivity contribution in [2.45, 2.75) is 18.9 Å². The molecule has 1 atom stereocenters. The summed E-state index contributed by atoms with van der Waals surface area (Å²) in [6.07, 6.45) is 2.10. The zero-order chi connectivity index (χ0) is 33.2. The molecule has 1 amide bonds. The number of fused-ring (bicyclic) bond motifs is 6. The molecule has 240 valence electrons. The third kappa shape index (κ3) is 5.04. The minimum Gasteiger partial charge on any atom is -0.455 e. The number of aliphatic hydroxyl groups is 1. The van der Waals surface area contributed by atoms with Crippen LogP contribution < -0.4 is 9.62 Å². The maximum Gasteiger partial charge on any atom is 0.255 e. The van der Waals surface area contributed by atoms with Gasteiger partial charge in [-0.2, -0.15) is 0 Å². The van der Waals surface area contributed by atoms with Crippen molar-refractivity contribution in [3.63, 3.8) is 0 Å². The van der Waals surface area contributed by atoms with Crippen LogP contribution >= 0.6 is 0 Å². The molecule has 9 nitrogen and oxygen atoms in total. The summed E-state index contributed by atoms with van der Waals surface area (Å²) in [7, 11) is -0.860. The van der Waals surface area contributed by atoms with Crippen LogP contribution in [-0.4, -0.2) is 55.9 Å². The number of nitrogens with zero attached hydrogens (tertiary/aromatic N) is 3. The van der Waals surface area contributed by atoms with Gasteiger partial charge in [-0.15, -0.1) is 0 Å². The van der Waals surface area contributed by atoms with E-state index >= 15 is 0 Å². The number of aliphatic hydroxyl groups excluding tert-OH is 1. The van der Waals surface area contributed by atoms with E-state index in [0.717, 1.165) is 16.1 Å². The molecule has 2 N–H and O–H groups in total. The first-order chi connectivity index (χ1) is 22.5. The van der Waals surface area contributed by atoms with Gasteiger partial charge in [-0.05, 0) is 73.0 Å². The number of furan rings is 1. The number of benzene rings is 3. The van der Waals surface area contributed by atoms with Crippen molar-refractivity contribution in [2.24, 2.45) is 0 Å². The molecular weight excluding hydrogens is 626 g/mol. The van der Waals surface area contributed by atoms with Gasteiger partial charge in [0, 0.05) is 54.7 Å². The molecule has 0 fully saturated rings. The number of amides is 1. The number of nitrogens with one attached hydrogen (secondary N) is 1. The molecule has 3 aromatic carbocycles. The van der Waals surface area contributed by atoms with E-state index < -0.39 is 21.7 Å². The monoisotopic (exact) mass is 656 g/mol. The molecular formula is C35H30F2N4O5S. The zero-order valence-electron chi connectivity index (χ0n) is 25.7. The van der Waals surface area contributed by atoms with Gasteiger partial charge in [0.2, 0.25) is 10.0 Å². The minimum atomic E-state index is -3.76. The second kappa shape index (κ2) is 11.3. The number of sulfonamides is 1. The smallest absolute Gasteiger partial charge is 0.255 e. The lowest BCUT2D eigenvalue weighted by molar-refractivity contribution is 0.0964. The van der Waals surface area contributed by atoms with Gasteiger partial charge < -0.3 is 19.4 Å². The van der Waals surface area contributed by atoms with Crippen molar-refractivity contribution in [3.8, 4) is 34.0 Å². The van der Waals surface area contributed by atoms with Gasteiger partial charge in [-0.3, -0.25) is 9.10 Å². The van der Waals surface area contributed by atoms with Crippen LogP contribution in [0.2, 0.25) is 0 Å². The summed E-state index contributed by atoms with van der Waals surface area (Å²) in [6, 6.07) is 19.0. The average Bonchev–Trinajstić information content (AvgIpc) is 3.63. The molecule has 47 heavy (non-hydrogen) atoms. The largest absolute Gasteiger partial charge is 0.455 e. The molecule has 1 unspecified atom stereocenters. The van der Waals surface area contributed by atoms with E-state index in [4.69, 9.17) is 9.40 Å². The van der Waals surface area contributed by atoms with Crippen LogP contribution in [0.25, 0.3) is 55.8 Å². The van der Waals surface area contributed by atoms with E-state index in [0.29, 0.717) is 57.3 Å². The van der Waals surface area contributed by atoms with E-state index in [-0.39, 0.29) is 41.1 Å². The lowest BCUT2D eigenvalue weighted by Gasteiger charge is -2.29. The van der Waals surface area contributed by atoms with E-state index in [2.05, 4.69) is 5.32 Å². The third-order valence-corrected chi connectivity index (χ3v) is 10.0. The fourth-order valence-electron chi connectivity index (χ4n) is 6.47. The van der Waals surface area contributed by atoms with Crippen LogP contribution in [-0.2, 0) is 16.4 Å². The van der Waals surface area contributed by atoms with Gasteiger partial charge in [0.25, 0.3) is 5.91 Å². The number of carbonyl (C=O) groups excluding carboxylic acids is 1. The van der Waals surface area contributed by atoms with Crippen LogP contribution in [0.5, 0.6) is 0 Å². The molecule has 0 bridgehead atoms. The van der Waals surface area contributed by atoms with Crippen LogP contribution in [0.1, 0.15) is 28.4 Å². The Balaban J connectivity index is 1.49. The minimum absolute atomic E-state index is 0.0422. The molecule has 3 aromatic heterocycles. The number of aromatic nitrogens is 2. The molecule has 0 radical (unpaired) electrons. The van der Waals surface area contributed by atoms with Gasteiger partial charge >= 0.3 is 0 Å². The first-order valence-corrected chi connectivity index (χ1v) is 16.8. The van der Waals surface area contributed by atoms with Crippen LogP contribution in [0, 0.1) is 11.6 Å². The van der Waals surface area contributed by atoms with Gasteiger partial charge in [0.1, 0.15) is 23.0 Å². The Morgan fingerprint density at radius 2 is 1.85 bits per heavy atom. The SMILES string of the molecule is CNC(=O)c1c(-c2ccc(F)cc2)oc2cc(N(C)S(C)(=O)=O)c(-c3ccc4c(n3)-c3cc5c(F)cccc5n3C(CCO)C4)cc12. The van der Waals surface area contributed by atoms with Crippen molar-refractivity contribution in [1.29, 1.82) is 0 Å². The molecule has 12 heteroatoms. The normalized spacial score (nSPS) is 14.3. The lowest BCUT2D eigenvalue weighted by Crippen LogP contribution is -2.25. The van der Waals surface area contributed by atoms with Gasteiger partial charge in [0.15, 0.2) is 0 Å². The number of hydrogen-bond donors (Lipinski definition) is 2. The Morgan fingerprint density at radius 3 is 2.55 bits per heavy atom. The Labute approximate surface area is 269 Å². The molecule has 7 rings (SSSR count). The maximum absolute atomic E-state index is 15.0. The maximum atomic E-state index is 15.0. The van der Waals surface area contributed by atoms with Crippen molar-refractivity contribution in [3.05, 3.63) is 95.6 Å². The van der Waals surface area contributed by atoms with Crippen molar-refractivity contribution >= 4 is 43.5 Å². The predicted molar refractivity (Wildman–Crippen MR) is 177 cm³/mol. The molecule has 0 aliphatic carbocycles. The first kappa shape index (κ1) is 30.6. The van der Waals surface area contributed by atoms with E-state index in [1.54, 1.807) is 30.3 Å². The quantitative estimate of drug-likeness (QED) is 0.208. The predicted octanol–water partition coefficient (Wildman–Crippen LogP) is 6.30. The molecule has 0 spiro atoms. The molecule has 0 saturated heterocycles. The first-order valence-electron chi connectivity index (χ1n) is 14.9. The number of pyridine rings is 1. The Hall–Kier alpha value is -5.07. The van der Waals surface area contributed by atoms with Crippen molar-refractivity contribution < 1.29 is 31.5 Å². The fraction of sp³-hybridized carbons (Fsp3) is 0.200. The van der Waals surface area contributed by atoms with Gasteiger partial charge in [-0.1, -0.05) is 12.1 Å². The number of anilines is 1. The summed E-state index contributed by atoms with van der Waals surface area (Å²) in [6.45, 7) is -0.0422. The summed E-state index contributed by atoms with van der Waals surface area (Å²) in [5, 5.41) is 13.3. The highest BCUT2D eigenvalue weighted by Gasteiger charge is 2.30. The third-order valence-electron chi connectivity index (χ3n) is 8.81. The summed E-state index contributed by atoms with van der Waals surface area (Å²) in [4.78, 5) is 18.3. The highest BCUT2D eigenvalue weighted by Crippen LogP contribution is 2.44. The lowest BCUT2D eigenvalue weighted by atomic mass is 9.94. The van der Waals surface area contributed by atoms with Crippen LogP contribution in [0.15, 0.2) is 77.2 Å². The molecule has 0 saturated carbocycles. The summed E-state index contributed by atoms with van der Waals surface area (Å²) < 4.78 is 63.8. The highest BCUT2D eigenvalue weighted by atomic mass is 32.2. The standard InChI is InChI=1S/C35H30F2N4O5S/c1-38-35(43)32-25-16-24(29(40(2)47(3,44)45)18-31(25)46-34(32)19-7-10-21(36)11-8-19)27-12-9-20-15-22(13-14-42)41-28-6-4-5-26(37)23(28)17-30(41)33(20)39-27/h4-12,16-18,22,42H,13-15H2,1-3H3,(H,38,43). The van der Waals surface area contributed by atoms with Crippen LogP contribution in [0.3, 0.4) is 0 Å². The molecule has 4 heterocycles. The Morgan fingerprint density at radius 1 is 1.09 bits per heavy atom. The average molecular weight is 657 g/mol. The highest BCUT2D eigenvalue weighted by molar-refractivity contribution is 7.92. The van der Waals surface area contributed by atoms with E-state index in [9.17, 15) is 27.1 Å². The summed E-state index contributed by atoms with van der Waals surface area (Å²) in [5.41, 5.74) is 4.87. The van der Waals surface area contributed by atoms with Crippen LogP contribution in [0.4, 0.5) is 14.5 Å². The molecule has 6 aromatic rings. The second-order valence-corrected chi connectivity index (χ2v) is 13.6.